The average molecular weight is 754 g/mol. The van der Waals surface area contributed by atoms with Crippen molar-refractivity contribution in [2.24, 2.45) is 0 Å². The van der Waals surface area contributed by atoms with Crippen LogP contribution in [0.1, 0.15) is 71.1 Å². The summed E-state index contributed by atoms with van der Waals surface area (Å²) in [6.07, 6.45) is 4.66. The molecule has 7 heteroatoms. The largest absolute Gasteiger partial charge is 1.00 e. The first-order chi connectivity index (χ1) is 16.5. The van der Waals surface area contributed by atoms with Crippen molar-refractivity contribution in [3.63, 3.8) is 0 Å². The molecule has 0 bridgehead atoms. The monoisotopic (exact) mass is 754 g/mol. The van der Waals surface area contributed by atoms with E-state index in [1.54, 1.807) is 0 Å². The Morgan fingerprint density at radius 1 is 0.632 bits per heavy atom. The molecule has 2 aromatic carbocycles. The van der Waals surface area contributed by atoms with Crippen LogP contribution < -0.4 is 24.8 Å². The molecule has 38 heavy (non-hydrogen) atoms. The molecule has 0 aromatic heterocycles. The van der Waals surface area contributed by atoms with Gasteiger partial charge in [-0.05, 0) is 0 Å². The standard InChI is InChI=1S/2C15H21OSi.CH2.2ClH.Hf/c2*1-15(2,3)17(4,5)16-14-10-12-8-6-7-9-13(12)11-14;;;;/h2*6-11H,1-5H3;1H2;2*1H;/q;;;;;+2/p-2. The zero-order valence-electron chi connectivity index (χ0n) is 24.7. The van der Waals surface area contributed by atoms with Gasteiger partial charge in [-0.3, -0.25) is 0 Å². The quantitative estimate of drug-likeness (QED) is 0.423. The van der Waals surface area contributed by atoms with Crippen molar-refractivity contribution >= 4 is 33.0 Å². The number of hydrogen-bond acceptors (Lipinski definition) is 2. The van der Waals surface area contributed by atoms with Crippen LogP contribution in [-0.2, 0) is 29.8 Å². The van der Waals surface area contributed by atoms with E-state index in [-0.39, 0.29) is 34.9 Å². The summed E-state index contributed by atoms with van der Waals surface area (Å²) in [4.78, 5) is 0. The van der Waals surface area contributed by atoms with Crippen LogP contribution in [0.5, 0.6) is 0 Å². The normalized spacial score (nSPS) is 18.6. The molecule has 0 radical (unpaired) electrons. The van der Waals surface area contributed by atoms with Gasteiger partial charge in [0.15, 0.2) is 0 Å². The summed E-state index contributed by atoms with van der Waals surface area (Å²) in [6.45, 7) is 23.4. The van der Waals surface area contributed by atoms with Crippen LogP contribution in [0.2, 0.25) is 36.3 Å². The van der Waals surface area contributed by atoms with Crippen molar-refractivity contribution in [1.29, 1.82) is 0 Å². The van der Waals surface area contributed by atoms with Crippen molar-refractivity contribution in [3.8, 4) is 0 Å². The van der Waals surface area contributed by atoms with E-state index in [0.29, 0.717) is 7.35 Å². The third kappa shape index (κ3) is 6.27. The SMILES string of the molecule is [CH2]=[Hf+2]([CH]1C(O[Si](C)(C)C(C)(C)C)=Cc2ccccc21)[CH]1C(O[Si](C)(C)C(C)(C)C)=Cc2ccccc21.[Cl-].[Cl-]. The fourth-order valence-electron chi connectivity index (χ4n) is 4.59. The van der Waals surface area contributed by atoms with Crippen molar-refractivity contribution in [2.45, 2.75) is 85.2 Å². The van der Waals surface area contributed by atoms with E-state index >= 15 is 0 Å². The number of benzene rings is 2. The molecule has 2 aliphatic rings. The number of halogens is 2. The molecule has 0 saturated carbocycles. The molecule has 0 spiro atoms. The van der Waals surface area contributed by atoms with Gasteiger partial charge >= 0.3 is 230 Å². The first-order valence-electron chi connectivity index (χ1n) is 13.2. The molecule has 2 unspecified atom stereocenters. The second kappa shape index (κ2) is 11.6. The fourth-order valence-corrected chi connectivity index (χ4v) is 17.2. The Morgan fingerprint density at radius 2 is 0.947 bits per heavy atom. The second-order valence-electron chi connectivity index (χ2n) is 13.5. The number of hydrogen-bond donors (Lipinski definition) is 0. The molecule has 0 saturated heterocycles. The van der Waals surface area contributed by atoms with Crippen LogP contribution in [0.15, 0.2) is 60.0 Å². The Morgan fingerprint density at radius 3 is 1.26 bits per heavy atom. The zero-order chi connectivity index (χ0) is 26.7. The maximum absolute atomic E-state index is 7.08. The molecule has 0 amide bonds. The van der Waals surface area contributed by atoms with Gasteiger partial charge in [0.1, 0.15) is 0 Å². The molecule has 4 rings (SSSR count). The molecule has 0 fully saturated rings. The molecular formula is C31H44Cl2HfO2Si2. The van der Waals surface area contributed by atoms with Crippen LogP contribution in [0.4, 0.5) is 0 Å². The van der Waals surface area contributed by atoms with Gasteiger partial charge in [0.05, 0.1) is 0 Å². The molecule has 206 valence electrons. The summed E-state index contributed by atoms with van der Waals surface area (Å²) in [5, 5.41) is 0.298. The third-order valence-electron chi connectivity index (χ3n) is 8.88. The maximum Gasteiger partial charge on any atom is -1.00 e. The average Bonchev–Trinajstić information content (AvgIpc) is 3.28. The van der Waals surface area contributed by atoms with Gasteiger partial charge in [-0.2, -0.15) is 0 Å². The first-order valence-corrected chi connectivity index (χ1v) is 25.7. The summed E-state index contributed by atoms with van der Waals surface area (Å²) < 4.78 is 19.9. The van der Waals surface area contributed by atoms with Gasteiger partial charge in [-0.15, -0.1) is 0 Å². The van der Waals surface area contributed by atoms with Gasteiger partial charge < -0.3 is 24.8 Å². The third-order valence-corrected chi connectivity index (χ3v) is 27.2. The molecule has 0 heterocycles. The summed E-state index contributed by atoms with van der Waals surface area (Å²) >= 11 is -2.75. The Balaban J connectivity index is 0.00000253. The fraction of sp³-hybridized carbons (Fsp3) is 0.452. The number of rotatable bonds is 6. The van der Waals surface area contributed by atoms with Gasteiger partial charge in [0, 0.05) is 0 Å². The summed E-state index contributed by atoms with van der Waals surface area (Å²) in [5.74, 6) is 2.35. The van der Waals surface area contributed by atoms with Crippen molar-refractivity contribution in [2.75, 3.05) is 0 Å². The molecule has 2 atom stereocenters. The van der Waals surface area contributed by atoms with Crippen molar-refractivity contribution < 1.29 is 54.6 Å². The topological polar surface area (TPSA) is 18.5 Å². The molecule has 0 aliphatic heterocycles. The summed E-state index contributed by atoms with van der Waals surface area (Å²) in [6, 6.07) is 17.8. The van der Waals surface area contributed by atoms with E-state index in [1.807, 2.05) is 0 Å². The second-order valence-corrected chi connectivity index (χ2v) is 31.2. The molecule has 2 nitrogen and oxygen atoms in total. The molecular weight excluding hydrogens is 710 g/mol. The predicted octanol–water partition coefficient (Wildman–Crippen LogP) is 3.28. The minimum atomic E-state index is -2.75. The van der Waals surface area contributed by atoms with Gasteiger partial charge in [-0.25, -0.2) is 0 Å². The van der Waals surface area contributed by atoms with Gasteiger partial charge in [-0.1, -0.05) is 0 Å². The Labute approximate surface area is 253 Å². The molecule has 0 N–H and O–H groups in total. The summed E-state index contributed by atoms with van der Waals surface area (Å²) in [5.41, 5.74) is 5.45. The van der Waals surface area contributed by atoms with E-state index in [0.717, 1.165) is 0 Å². The zero-order valence-corrected chi connectivity index (χ0v) is 31.8. The number of allylic oxidation sites excluding steroid dienone is 2. The van der Waals surface area contributed by atoms with Crippen molar-refractivity contribution in [3.05, 3.63) is 82.3 Å². The minimum Gasteiger partial charge on any atom is -1.00 e. The predicted molar refractivity (Wildman–Crippen MR) is 158 cm³/mol. The maximum atomic E-state index is 7.08. The smallest absolute Gasteiger partial charge is 1.00 e. The minimum absolute atomic E-state index is 0. The van der Waals surface area contributed by atoms with E-state index in [2.05, 4.69) is 128 Å². The van der Waals surface area contributed by atoms with E-state index in [4.69, 9.17) is 13.1 Å². The molecule has 2 aromatic rings. The van der Waals surface area contributed by atoms with Crippen LogP contribution in [-0.4, -0.2) is 20.9 Å². The van der Waals surface area contributed by atoms with Crippen LogP contribution in [0.25, 0.3) is 12.2 Å². The Kier molecular flexibility index (Phi) is 10.3. The molecule has 2 aliphatic carbocycles. The van der Waals surface area contributed by atoms with Gasteiger partial charge in [0.25, 0.3) is 0 Å². The van der Waals surface area contributed by atoms with E-state index < -0.39 is 37.6 Å². The van der Waals surface area contributed by atoms with Crippen LogP contribution >= 0.6 is 0 Å². The first kappa shape index (κ1) is 33.5. The van der Waals surface area contributed by atoms with E-state index in [1.165, 1.54) is 33.8 Å². The van der Waals surface area contributed by atoms with Gasteiger partial charge in [0.2, 0.25) is 0 Å². The van der Waals surface area contributed by atoms with Crippen molar-refractivity contribution in [1.82, 2.24) is 0 Å². The Bertz CT molecular complexity index is 1160. The van der Waals surface area contributed by atoms with Crippen LogP contribution in [0, 0.1) is 0 Å². The van der Waals surface area contributed by atoms with Crippen LogP contribution in [0.3, 0.4) is 0 Å². The number of fused-ring (bicyclic) bond motifs is 2. The Hall–Kier alpha value is -0.726. The van der Waals surface area contributed by atoms with E-state index in [9.17, 15) is 0 Å². The summed E-state index contributed by atoms with van der Waals surface area (Å²) in [7, 11) is -3.98.